The normalized spacial score (nSPS) is 9.44. The third kappa shape index (κ3) is 7.63. The maximum atomic E-state index is 9.63. The van der Waals surface area contributed by atoms with Gasteiger partial charge in [-0.05, 0) is 6.42 Å². The highest BCUT2D eigenvalue weighted by atomic mass is 16.5. The molecule has 0 aromatic carbocycles. The van der Waals surface area contributed by atoms with Crippen molar-refractivity contribution >= 4 is 6.29 Å². The monoisotopic (exact) mass is 129 g/mol. The van der Waals surface area contributed by atoms with Crippen LogP contribution in [-0.2, 0) is 9.53 Å². The van der Waals surface area contributed by atoms with Crippen molar-refractivity contribution in [2.45, 2.75) is 26.2 Å². The zero-order valence-corrected chi connectivity index (χ0v) is 5.85. The van der Waals surface area contributed by atoms with Gasteiger partial charge in [0, 0.05) is 13.0 Å². The summed E-state index contributed by atoms with van der Waals surface area (Å²) in [7, 11) is 0. The second-order valence-corrected chi connectivity index (χ2v) is 1.86. The highest BCUT2D eigenvalue weighted by Gasteiger charge is 1.85. The highest BCUT2D eigenvalue weighted by Crippen LogP contribution is 1.87. The Labute approximate surface area is 56.2 Å². The second kappa shape index (κ2) is 7.63. The molecule has 0 saturated heterocycles. The van der Waals surface area contributed by atoms with E-state index in [9.17, 15) is 4.79 Å². The number of hydrogen-bond donors (Lipinski definition) is 0. The molecule has 0 spiro atoms. The summed E-state index contributed by atoms with van der Waals surface area (Å²) in [6.45, 7) is 3.41. The molecular formula is C7H13O2. The third-order valence-electron chi connectivity index (χ3n) is 0.991. The van der Waals surface area contributed by atoms with Gasteiger partial charge in [-0.2, -0.15) is 0 Å². The smallest absolute Gasteiger partial charge is 0.200 e. The van der Waals surface area contributed by atoms with Crippen molar-refractivity contribution in [3.63, 3.8) is 0 Å². The predicted octanol–water partition coefficient (Wildman–Crippen LogP) is 1.30. The fourth-order valence-corrected chi connectivity index (χ4v) is 0.462. The van der Waals surface area contributed by atoms with E-state index in [0.717, 1.165) is 19.4 Å². The lowest BCUT2D eigenvalue weighted by Gasteiger charge is -1.97. The summed E-state index contributed by atoms with van der Waals surface area (Å²) in [5.74, 6) is 0. The maximum absolute atomic E-state index is 9.63. The SMILES string of the molecule is CCCCOCC[C]=O. The van der Waals surface area contributed by atoms with Crippen molar-refractivity contribution in [2.24, 2.45) is 0 Å². The lowest BCUT2D eigenvalue weighted by molar-refractivity contribution is 0.137. The number of carbonyl (C=O) groups excluding carboxylic acids is 1. The van der Waals surface area contributed by atoms with Gasteiger partial charge in [-0.3, -0.25) is 4.79 Å². The Bertz CT molecular complexity index is 61.9. The van der Waals surface area contributed by atoms with Crippen LogP contribution in [0.15, 0.2) is 0 Å². The predicted molar refractivity (Wildman–Crippen MR) is 36.0 cm³/mol. The lowest BCUT2D eigenvalue weighted by Crippen LogP contribution is -1.96. The maximum Gasteiger partial charge on any atom is 0.200 e. The van der Waals surface area contributed by atoms with Crippen molar-refractivity contribution in [3.05, 3.63) is 0 Å². The van der Waals surface area contributed by atoms with Gasteiger partial charge in [0.2, 0.25) is 6.29 Å². The van der Waals surface area contributed by atoms with Crippen LogP contribution in [0.1, 0.15) is 26.2 Å². The first kappa shape index (κ1) is 8.63. The summed E-state index contributed by atoms with van der Waals surface area (Å²) in [5.41, 5.74) is 0. The average molecular weight is 129 g/mol. The Kier molecular flexibility index (Phi) is 7.32. The molecule has 0 rings (SSSR count). The molecule has 0 aromatic rings. The van der Waals surface area contributed by atoms with E-state index in [1.165, 1.54) is 0 Å². The molecule has 1 radical (unpaired) electrons. The van der Waals surface area contributed by atoms with E-state index in [1.807, 2.05) is 0 Å². The van der Waals surface area contributed by atoms with Crippen LogP contribution in [0.25, 0.3) is 0 Å². The van der Waals surface area contributed by atoms with Gasteiger partial charge in [0.1, 0.15) is 0 Å². The molecule has 9 heavy (non-hydrogen) atoms. The van der Waals surface area contributed by atoms with Crippen LogP contribution in [-0.4, -0.2) is 19.5 Å². The average Bonchev–Trinajstić information content (AvgIpc) is 1.89. The fourth-order valence-electron chi connectivity index (χ4n) is 0.462. The quantitative estimate of drug-likeness (QED) is 0.505. The Morgan fingerprint density at radius 2 is 2.22 bits per heavy atom. The molecule has 2 nitrogen and oxygen atoms in total. The van der Waals surface area contributed by atoms with Crippen molar-refractivity contribution in [3.8, 4) is 0 Å². The van der Waals surface area contributed by atoms with E-state index in [2.05, 4.69) is 6.92 Å². The minimum Gasteiger partial charge on any atom is -0.381 e. The van der Waals surface area contributed by atoms with Crippen LogP contribution >= 0.6 is 0 Å². The summed E-state index contributed by atoms with van der Waals surface area (Å²) in [4.78, 5) is 9.63. The molecule has 53 valence electrons. The molecule has 0 saturated carbocycles. The summed E-state index contributed by atoms with van der Waals surface area (Å²) >= 11 is 0. The van der Waals surface area contributed by atoms with Crippen LogP contribution in [0.4, 0.5) is 0 Å². The number of hydrogen-bond acceptors (Lipinski definition) is 2. The molecule has 0 bridgehead atoms. The van der Waals surface area contributed by atoms with Crippen molar-refractivity contribution in [1.29, 1.82) is 0 Å². The van der Waals surface area contributed by atoms with Crippen molar-refractivity contribution in [1.82, 2.24) is 0 Å². The lowest BCUT2D eigenvalue weighted by atomic mass is 10.4. The van der Waals surface area contributed by atoms with Crippen molar-refractivity contribution < 1.29 is 9.53 Å². The van der Waals surface area contributed by atoms with Gasteiger partial charge in [-0.15, -0.1) is 0 Å². The van der Waals surface area contributed by atoms with E-state index in [4.69, 9.17) is 4.74 Å². The van der Waals surface area contributed by atoms with Gasteiger partial charge in [0.25, 0.3) is 0 Å². The largest absolute Gasteiger partial charge is 0.381 e. The first-order valence-electron chi connectivity index (χ1n) is 3.34. The summed E-state index contributed by atoms with van der Waals surface area (Å²) in [6, 6.07) is 0. The first-order valence-corrected chi connectivity index (χ1v) is 3.34. The molecule has 0 aliphatic heterocycles. The summed E-state index contributed by atoms with van der Waals surface area (Å²) in [5, 5.41) is 0. The first-order chi connectivity index (χ1) is 4.41. The molecule has 0 atom stereocenters. The van der Waals surface area contributed by atoms with Crippen LogP contribution in [0, 0.1) is 0 Å². The van der Waals surface area contributed by atoms with Crippen LogP contribution < -0.4 is 0 Å². The topological polar surface area (TPSA) is 26.3 Å². The molecule has 0 fully saturated rings. The second-order valence-electron chi connectivity index (χ2n) is 1.86. The van der Waals surface area contributed by atoms with Gasteiger partial charge in [-0.25, -0.2) is 0 Å². The van der Waals surface area contributed by atoms with Crippen LogP contribution in [0.3, 0.4) is 0 Å². The Hall–Kier alpha value is -0.370. The van der Waals surface area contributed by atoms with E-state index < -0.39 is 0 Å². The molecular weight excluding hydrogens is 116 g/mol. The minimum absolute atomic E-state index is 0.406. The highest BCUT2D eigenvalue weighted by molar-refractivity contribution is 5.50. The van der Waals surface area contributed by atoms with Crippen LogP contribution in [0.2, 0.25) is 0 Å². The van der Waals surface area contributed by atoms with Crippen LogP contribution in [0.5, 0.6) is 0 Å². The van der Waals surface area contributed by atoms with E-state index in [0.29, 0.717) is 13.0 Å². The number of ether oxygens (including phenoxy) is 1. The zero-order chi connectivity index (χ0) is 6.95. The van der Waals surface area contributed by atoms with E-state index in [1.54, 1.807) is 6.29 Å². The van der Waals surface area contributed by atoms with Gasteiger partial charge in [0.05, 0.1) is 6.61 Å². The van der Waals surface area contributed by atoms with Gasteiger partial charge in [0.15, 0.2) is 0 Å². The molecule has 0 unspecified atom stereocenters. The molecule has 2 heteroatoms. The van der Waals surface area contributed by atoms with Gasteiger partial charge < -0.3 is 4.74 Å². The van der Waals surface area contributed by atoms with E-state index in [-0.39, 0.29) is 0 Å². The molecule has 0 heterocycles. The molecule has 0 aliphatic carbocycles. The molecule has 0 N–H and O–H groups in total. The third-order valence-corrected chi connectivity index (χ3v) is 0.991. The Morgan fingerprint density at radius 3 is 2.78 bits per heavy atom. The Balaban J connectivity index is 2.66. The summed E-state index contributed by atoms with van der Waals surface area (Å²) in [6.07, 6.45) is 4.40. The standard InChI is InChI=1S/C7H13O2/c1-2-3-6-9-7-4-5-8/h2-4,6-7H2,1H3. The number of unbranched alkanes of at least 4 members (excludes halogenated alkanes) is 1. The molecule has 0 aromatic heterocycles. The fraction of sp³-hybridized carbons (Fsp3) is 0.857. The summed E-state index contributed by atoms with van der Waals surface area (Å²) < 4.78 is 5.05. The van der Waals surface area contributed by atoms with E-state index >= 15 is 0 Å². The Morgan fingerprint density at radius 1 is 1.44 bits per heavy atom. The van der Waals surface area contributed by atoms with Gasteiger partial charge >= 0.3 is 0 Å². The number of rotatable bonds is 6. The molecule has 0 amide bonds. The zero-order valence-electron chi connectivity index (χ0n) is 5.85. The van der Waals surface area contributed by atoms with Gasteiger partial charge in [-0.1, -0.05) is 13.3 Å². The minimum atomic E-state index is 0.406. The van der Waals surface area contributed by atoms with Crippen molar-refractivity contribution in [2.75, 3.05) is 13.2 Å². The molecule has 0 aliphatic rings.